The van der Waals surface area contributed by atoms with Gasteiger partial charge in [-0.2, -0.15) is 0 Å². The summed E-state index contributed by atoms with van der Waals surface area (Å²) >= 11 is 0. The van der Waals surface area contributed by atoms with Crippen molar-refractivity contribution in [3.05, 3.63) is 29.3 Å². The molecule has 0 aliphatic rings. The Kier molecular flexibility index (Phi) is 3.82. The molecule has 0 saturated carbocycles. The van der Waals surface area contributed by atoms with Gasteiger partial charge in [-0.25, -0.2) is 17.2 Å². The maximum atomic E-state index is 13.4. The third-order valence-corrected chi connectivity index (χ3v) is 3.90. The van der Waals surface area contributed by atoms with Crippen LogP contribution in [-0.2, 0) is 21.1 Å². The average molecular weight is 264 g/mol. The van der Waals surface area contributed by atoms with E-state index in [2.05, 4.69) is 0 Å². The molecule has 0 fully saturated rings. The van der Waals surface area contributed by atoms with Gasteiger partial charge in [-0.3, -0.25) is 4.79 Å². The number of carboxylic acid groups (broad SMARTS) is 1. The van der Waals surface area contributed by atoms with Crippen molar-refractivity contribution >= 4 is 15.8 Å². The summed E-state index contributed by atoms with van der Waals surface area (Å²) < 4.78 is 49.5. The lowest BCUT2D eigenvalue weighted by Gasteiger charge is -2.06. The van der Waals surface area contributed by atoms with Crippen molar-refractivity contribution in [2.75, 3.05) is 5.75 Å². The number of hydrogen-bond donors (Lipinski definition) is 1. The molecule has 0 heterocycles. The lowest BCUT2D eigenvalue weighted by atomic mass is 10.1. The van der Waals surface area contributed by atoms with Crippen LogP contribution in [-0.4, -0.2) is 25.2 Å². The second kappa shape index (κ2) is 4.79. The first-order valence-electron chi connectivity index (χ1n) is 4.70. The molecule has 0 spiro atoms. The predicted molar refractivity (Wildman–Crippen MR) is 55.4 cm³/mol. The first-order chi connectivity index (χ1) is 7.77. The number of aliphatic carboxylic acids is 1. The highest BCUT2D eigenvalue weighted by Crippen LogP contribution is 2.20. The molecular formula is C10H10F2O4S. The fraction of sp³-hybridized carbons (Fsp3) is 0.300. The smallest absolute Gasteiger partial charge is 0.308 e. The highest BCUT2D eigenvalue weighted by atomic mass is 32.2. The van der Waals surface area contributed by atoms with Gasteiger partial charge in [-0.1, -0.05) is 6.92 Å². The Morgan fingerprint density at radius 2 is 1.76 bits per heavy atom. The van der Waals surface area contributed by atoms with Crippen LogP contribution in [0.25, 0.3) is 0 Å². The lowest BCUT2D eigenvalue weighted by molar-refractivity contribution is -0.136. The third-order valence-electron chi connectivity index (χ3n) is 2.18. The number of sulfone groups is 1. The summed E-state index contributed by atoms with van der Waals surface area (Å²) in [6.45, 7) is 1.34. The first-order valence-corrected chi connectivity index (χ1v) is 6.35. The molecule has 1 aromatic rings. The van der Waals surface area contributed by atoms with Gasteiger partial charge in [0.25, 0.3) is 0 Å². The number of hydrogen-bond acceptors (Lipinski definition) is 3. The van der Waals surface area contributed by atoms with Crippen LogP contribution in [0, 0.1) is 11.6 Å². The summed E-state index contributed by atoms with van der Waals surface area (Å²) in [5, 5.41) is 8.44. The molecule has 0 unspecified atom stereocenters. The maximum Gasteiger partial charge on any atom is 0.308 e. The minimum absolute atomic E-state index is 0.288. The van der Waals surface area contributed by atoms with Crippen molar-refractivity contribution in [1.82, 2.24) is 0 Å². The zero-order chi connectivity index (χ0) is 13.2. The Morgan fingerprint density at radius 1 is 1.29 bits per heavy atom. The highest BCUT2D eigenvalue weighted by molar-refractivity contribution is 7.91. The zero-order valence-electron chi connectivity index (χ0n) is 8.91. The molecule has 1 rings (SSSR count). The minimum atomic E-state index is -3.72. The SMILES string of the molecule is CCS(=O)(=O)c1cc(F)c(CC(=O)O)c(F)c1. The van der Waals surface area contributed by atoms with E-state index in [9.17, 15) is 22.0 Å². The fourth-order valence-corrected chi connectivity index (χ4v) is 2.15. The van der Waals surface area contributed by atoms with E-state index in [-0.39, 0.29) is 5.75 Å². The van der Waals surface area contributed by atoms with Crippen LogP contribution < -0.4 is 0 Å². The number of benzene rings is 1. The molecular weight excluding hydrogens is 254 g/mol. The molecule has 1 aromatic carbocycles. The summed E-state index contributed by atoms with van der Waals surface area (Å²) in [6, 6.07) is 1.28. The number of rotatable bonds is 4. The standard InChI is InChI=1S/C10H10F2O4S/c1-2-17(15,16)6-3-8(11)7(5-10(13)14)9(12)4-6/h3-4H,2,5H2,1H3,(H,13,14). The van der Waals surface area contributed by atoms with E-state index in [0.29, 0.717) is 12.1 Å². The number of carbonyl (C=O) groups is 1. The molecule has 0 aliphatic carbocycles. The molecule has 0 saturated heterocycles. The van der Waals surface area contributed by atoms with Gasteiger partial charge < -0.3 is 5.11 Å². The molecule has 0 aliphatic heterocycles. The first kappa shape index (κ1) is 13.6. The molecule has 0 atom stereocenters. The molecule has 0 radical (unpaired) electrons. The fourth-order valence-electron chi connectivity index (χ4n) is 1.25. The largest absolute Gasteiger partial charge is 0.481 e. The van der Waals surface area contributed by atoms with Gasteiger partial charge in [-0.05, 0) is 12.1 Å². The van der Waals surface area contributed by atoms with Gasteiger partial charge >= 0.3 is 5.97 Å². The Labute approximate surface area is 96.8 Å². The van der Waals surface area contributed by atoms with Crippen LogP contribution >= 0.6 is 0 Å². The summed E-state index contributed by atoms with van der Waals surface area (Å²) in [5.74, 6) is -4.02. The molecule has 0 bridgehead atoms. The topological polar surface area (TPSA) is 71.4 Å². The highest BCUT2D eigenvalue weighted by Gasteiger charge is 2.19. The van der Waals surface area contributed by atoms with E-state index in [1.165, 1.54) is 6.92 Å². The monoisotopic (exact) mass is 264 g/mol. The van der Waals surface area contributed by atoms with Crippen molar-refractivity contribution in [3.63, 3.8) is 0 Å². The van der Waals surface area contributed by atoms with Crippen molar-refractivity contribution in [2.24, 2.45) is 0 Å². The molecule has 1 N–H and O–H groups in total. The zero-order valence-corrected chi connectivity index (χ0v) is 9.72. The van der Waals surface area contributed by atoms with Gasteiger partial charge in [-0.15, -0.1) is 0 Å². The van der Waals surface area contributed by atoms with Crippen LogP contribution in [0.15, 0.2) is 17.0 Å². The Hall–Kier alpha value is -1.50. The van der Waals surface area contributed by atoms with E-state index in [4.69, 9.17) is 5.11 Å². The van der Waals surface area contributed by atoms with Gasteiger partial charge in [0.05, 0.1) is 17.1 Å². The van der Waals surface area contributed by atoms with Gasteiger partial charge in [0.1, 0.15) is 11.6 Å². The van der Waals surface area contributed by atoms with Crippen molar-refractivity contribution in [1.29, 1.82) is 0 Å². The molecule has 0 amide bonds. The lowest BCUT2D eigenvalue weighted by Crippen LogP contribution is -2.09. The average Bonchev–Trinajstić information content (AvgIpc) is 2.22. The van der Waals surface area contributed by atoms with Crippen molar-refractivity contribution in [3.8, 4) is 0 Å². The third kappa shape index (κ3) is 3.00. The van der Waals surface area contributed by atoms with Crippen LogP contribution in [0.5, 0.6) is 0 Å². The normalized spacial score (nSPS) is 11.5. The van der Waals surface area contributed by atoms with Crippen LogP contribution in [0.1, 0.15) is 12.5 Å². The van der Waals surface area contributed by atoms with E-state index in [1.807, 2.05) is 0 Å². The van der Waals surface area contributed by atoms with E-state index in [1.54, 1.807) is 0 Å². The van der Waals surface area contributed by atoms with E-state index >= 15 is 0 Å². The number of carboxylic acids is 1. The Balaban J connectivity index is 3.33. The summed E-state index contributed by atoms with van der Waals surface area (Å²) in [5.41, 5.74) is -0.646. The molecule has 4 nitrogen and oxygen atoms in total. The Bertz CT molecular complexity index is 528. The van der Waals surface area contributed by atoms with Gasteiger partial charge in [0, 0.05) is 5.56 Å². The quantitative estimate of drug-likeness (QED) is 0.892. The molecule has 94 valence electrons. The van der Waals surface area contributed by atoms with E-state index in [0.717, 1.165) is 0 Å². The molecule has 7 heteroatoms. The molecule has 17 heavy (non-hydrogen) atoms. The van der Waals surface area contributed by atoms with Crippen molar-refractivity contribution in [2.45, 2.75) is 18.2 Å². The predicted octanol–water partition coefficient (Wildman–Crippen LogP) is 1.39. The number of halogens is 2. The second-order valence-electron chi connectivity index (χ2n) is 3.34. The van der Waals surface area contributed by atoms with Crippen LogP contribution in [0.4, 0.5) is 8.78 Å². The molecule has 0 aromatic heterocycles. The summed E-state index contributed by atoms with van der Waals surface area (Å²) in [4.78, 5) is 9.88. The minimum Gasteiger partial charge on any atom is -0.481 e. The van der Waals surface area contributed by atoms with E-state index < -0.39 is 44.3 Å². The maximum absolute atomic E-state index is 13.4. The van der Waals surface area contributed by atoms with Crippen molar-refractivity contribution < 1.29 is 27.1 Å². The van der Waals surface area contributed by atoms with Gasteiger partial charge in [0.2, 0.25) is 0 Å². The Morgan fingerprint density at radius 3 is 2.12 bits per heavy atom. The summed E-state index contributed by atoms with van der Waals surface area (Å²) in [7, 11) is -3.72. The second-order valence-corrected chi connectivity index (χ2v) is 5.62. The van der Waals surface area contributed by atoms with Crippen LogP contribution in [0.2, 0.25) is 0 Å². The van der Waals surface area contributed by atoms with Gasteiger partial charge in [0.15, 0.2) is 9.84 Å². The summed E-state index contributed by atoms with van der Waals surface area (Å²) in [6.07, 6.45) is -0.829. The van der Waals surface area contributed by atoms with Crippen LogP contribution in [0.3, 0.4) is 0 Å².